The second-order valence-electron chi connectivity index (χ2n) is 4.73. The third-order valence-electron chi connectivity index (χ3n) is 3.77. The van der Waals surface area contributed by atoms with Crippen LogP contribution in [0, 0.1) is 0 Å². The molecule has 96 valence electrons. The van der Waals surface area contributed by atoms with Crippen molar-refractivity contribution in [2.45, 2.75) is 32.7 Å². The van der Waals surface area contributed by atoms with Gasteiger partial charge in [-0.25, -0.2) is 4.98 Å². The maximum absolute atomic E-state index is 4.31. The molecule has 4 nitrogen and oxygen atoms in total. The van der Waals surface area contributed by atoms with Crippen LogP contribution in [0.25, 0.3) is 0 Å². The van der Waals surface area contributed by atoms with Gasteiger partial charge in [0.05, 0.1) is 6.33 Å². The Morgan fingerprint density at radius 3 is 2.94 bits per heavy atom. The Morgan fingerprint density at radius 1 is 1.47 bits per heavy atom. The summed E-state index contributed by atoms with van der Waals surface area (Å²) in [5.74, 6) is 0.661. The summed E-state index contributed by atoms with van der Waals surface area (Å²) < 4.78 is 2.33. The molecule has 1 aliphatic heterocycles. The number of hydrogen-bond donors (Lipinski definition) is 1. The molecule has 4 heteroatoms. The molecule has 1 atom stereocenters. The van der Waals surface area contributed by atoms with Crippen LogP contribution in [0.4, 0.5) is 0 Å². The molecule has 0 aliphatic carbocycles. The Labute approximate surface area is 104 Å². The van der Waals surface area contributed by atoms with Gasteiger partial charge in [0.1, 0.15) is 0 Å². The normalized spacial score (nSPS) is 20.3. The molecular weight excluding hydrogens is 212 g/mol. The highest BCUT2D eigenvalue weighted by Crippen LogP contribution is 2.21. The Morgan fingerprint density at radius 2 is 2.29 bits per heavy atom. The fourth-order valence-corrected chi connectivity index (χ4v) is 2.55. The van der Waals surface area contributed by atoms with Crippen molar-refractivity contribution in [2.24, 2.45) is 0 Å². The van der Waals surface area contributed by atoms with E-state index in [-0.39, 0.29) is 0 Å². The number of hydrogen-bond acceptors (Lipinski definition) is 3. The van der Waals surface area contributed by atoms with Crippen LogP contribution in [-0.2, 0) is 6.54 Å². The Hall–Kier alpha value is -0.870. The van der Waals surface area contributed by atoms with Crippen molar-refractivity contribution >= 4 is 0 Å². The summed E-state index contributed by atoms with van der Waals surface area (Å²) in [6, 6.07) is 0. The van der Waals surface area contributed by atoms with Gasteiger partial charge in [-0.15, -0.1) is 0 Å². The molecule has 1 saturated heterocycles. The quantitative estimate of drug-likeness (QED) is 0.808. The summed E-state index contributed by atoms with van der Waals surface area (Å²) in [6.07, 6.45) is 5.27. The van der Waals surface area contributed by atoms with Crippen LogP contribution in [0.5, 0.6) is 0 Å². The van der Waals surface area contributed by atoms with Crippen molar-refractivity contribution in [1.29, 1.82) is 0 Å². The minimum Gasteiger partial charge on any atom is -0.333 e. The fraction of sp³-hybridized carbons (Fsp3) is 0.769. The van der Waals surface area contributed by atoms with Gasteiger partial charge in [0.15, 0.2) is 0 Å². The highest BCUT2D eigenvalue weighted by atomic mass is 15.2. The average molecular weight is 236 g/mol. The summed E-state index contributed by atoms with van der Waals surface area (Å²) in [5, 5.41) is 3.42. The molecule has 1 aliphatic rings. The van der Waals surface area contributed by atoms with E-state index in [0.29, 0.717) is 5.92 Å². The minimum absolute atomic E-state index is 0.661. The van der Waals surface area contributed by atoms with Crippen LogP contribution < -0.4 is 5.32 Å². The first kappa shape index (κ1) is 12.6. The van der Waals surface area contributed by atoms with Gasteiger partial charge in [0, 0.05) is 37.4 Å². The van der Waals surface area contributed by atoms with E-state index in [1.807, 2.05) is 12.5 Å². The molecule has 0 radical (unpaired) electrons. The largest absolute Gasteiger partial charge is 0.333 e. The standard InChI is InChI=1S/C13H24N4/c1-3-16(4-2)7-8-17-11-15-10-13(17)12-5-6-14-9-12/h10-12,14H,3-9H2,1-2H3. The first-order valence-corrected chi connectivity index (χ1v) is 6.78. The molecule has 0 saturated carbocycles. The zero-order chi connectivity index (χ0) is 12.1. The molecule has 0 aromatic carbocycles. The second-order valence-corrected chi connectivity index (χ2v) is 4.73. The maximum atomic E-state index is 4.31. The van der Waals surface area contributed by atoms with Gasteiger partial charge in [-0.3, -0.25) is 0 Å². The summed E-state index contributed by atoms with van der Waals surface area (Å²) in [7, 11) is 0. The van der Waals surface area contributed by atoms with Gasteiger partial charge in [0.25, 0.3) is 0 Å². The van der Waals surface area contributed by atoms with Crippen molar-refractivity contribution in [3.05, 3.63) is 18.2 Å². The van der Waals surface area contributed by atoms with Crippen LogP contribution in [-0.4, -0.2) is 47.2 Å². The van der Waals surface area contributed by atoms with Crippen molar-refractivity contribution in [1.82, 2.24) is 19.8 Å². The number of imidazole rings is 1. The zero-order valence-corrected chi connectivity index (χ0v) is 11.0. The molecule has 0 spiro atoms. The van der Waals surface area contributed by atoms with Gasteiger partial charge in [-0.2, -0.15) is 0 Å². The van der Waals surface area contributed by atoms with Crippen molar-refractivity contribution in [3.8, 4) is 0 Å². The van der Waals surface area contributed by atoms with E-state index in [4.69, 9.17) is 0 Å². The first-order chi connectivity index (χ1) is 8.35. The third-order valence-corrected chi connectivity index (χ3v) is 3.77. The highest BCUT2D eigenvalue weighted by molar-refractivity contribution is 5.09. The van der Waals surface area contributed by atoms with E-state index in [1.165, 1.54) is 12.1 Å². The zero-order valence-electron chi connectivity index (χ0n) is 11.0. The third kappa shape index (κ3) is 3.07. The molecule has 1 aromatic heterocycles. The molecule has 2 rings (SSSR count). The lowest BCUT2D eigenvalue weighted by molar-refractivity contribution is 0.288. The lowest BCUT2D eigenvalue weighted by Crippen LogP contribution is -2.27. The number of rotatable bonds is 6. The Bertz CT molecular complexity index is 324. The van der Waals surface area contributed by atoms with E-state index in [1.54, 1.807) is 0 Å². The summed E-state index contributed by atoms with van der Waals surface area (Å²) in [5.41, 5.74) is 1.40. The van der Waals surface area contributed by atoms with Crippen molar-refractivity contribution in [2.75, 3.05) is 32.7 Å². The molecule has 1 aromatic rings. The van der Waals surface area contributed by atoms with E-state index in [2.05, 4.69) is 33.6 Å². The van der Waals surface area contributed by atoms with Gasteiger partial charge in [-0.1, -0.05) is 13.8 Å². The number of nitrogens with zero attached hydrogens (tertiary/aromatic N) is 3. The summed E-state index contributed by atoms with van der Waals surface area (Å²) in [6.45, 7) is 11.1. The van der Waals surface area contributed by atoms with Crippen LogP contribution >= 0.6 is 0 Å². The monoisotopic (exact) mass is 236 g/mol. The van der Waals surface area contributed by atoms with Crippen molar-refractivity contribution in [3.63, 3.8) is 0 Å². The predicted octanol–water partition coefficient (Wildman–Crippen LogP) is 1.30. The van der Waals surface area contributed by atoms with Crippen LogP contribution in [0.15, 0.2) is 12.5 Å². The maximum Gasteiger partial charge on any atom is 0.0948 e. The molecule has 0 amide bonds. The second kappa shape index (κ2) is 6.17. The lowest BCUT2D eigenvalue weighted by Gasteiger charge is -2.20. The minimum atomic E-state index is 0.661. The number of nitrogens with one attached hydrogen (secondary N) is 1. The van der Waals surface area contributed by atoms with E-state index < -0.39 is 0 Å². The fourth-order valence-electron chi connectivity index (χ4n) is 2.55. The summed E-state index contributed by atoms with van der Waals surface area (Å²) >= 11 is 0. The SMILES string of the molecule is CCN(CC)CCn1cncc1C1CCNC1. The molecule has 1 N–H and O–H groups in total. The average Bonchev–Trinajstić information content (AvgIpc) is 3.00. The van der Waals surface area contributed by atoms with Crippen LogP contribution in [0.2, 0.25) is 0 Å². The molecule has 0 bridgehead atoms. The smallest absolute Gasteiger partial charge is 0.0948 e. The van der Waals surface area contributed by atoms with Crippen LogP contribution in [0.3, 0.4) is 0 Å². The van der Waals surface area contributed by atoms with Gasteiger partial charge >= 0.3 is 0 Å². The first-order valence-electron chi connectivity index (χ1n) is 6.78. The van der Waals surface area contributed by atoms with Gasteiger partial charge in [0.2, 0.25) is 0 Å². The predicted molar refractivity (Wildman–Crippen MR) is 70.2 cm³/mol. The molecule has 2 heterocycles. The molecule has 17 heavy (non-hydrogen) atoms. The number of likely N-dealkylation sites (N-methyl/N-ethyl adjacent to an activating group) is 1. The Balaban J connectivity index is 1.94. The van der Waals surface area contributed by atoms with E-state index in [9.17, 15) is 0 Å². The van der Waals surface area contributed by atoms with Gasteiger partial charge < -0.3 is 14.8 Å². The summed E-state index contributed by atoms with van der Waals surface area (Å²) in [4.78, 5) is 6.77. The molecule has 1 unspecified atom stereocenters. The highest BCUT2D eigenvalue weighted by Gasteiger charge is 2.19. The topological polar surface area (TPSA) is 33.1 Å². The van der Waals surface area contributed by atoms with Crippen LogP contribution in [0.1, 0.15) is 31.9 Å². The Kier molecular flexibility index (Phi) is 4.57. The van der Waals surface area contributed by atoms with Gasteiger partial charge in [-0.05, 0) is 26.1 Å². The van der Waals surface area contributed by atoms with E-state index >= 15 is 0 Å². The molecular formula is C13H24N4. The van der Waals surface area contributed by atoms with Crippen molar-refractivity contribution < 1.29 is 0 Å². The number of aromatic nitrogens is 2. The lowest BCUT2D eigenvalue weighted by atomic mass is 10.1. The van der Waals surface area contributed by atoms with E-state index in [0.717, 1.165) is 39.3 Å². The molecule has 1 fully saturated rings.